The van der Waals surface area contributed by atoms with E-state index in [9.17, 15) is 4.79 Å². The van der Waals surface area contributed by atoms with Gasteiger partial charge in [0.2, 0.25) is 0 Å². The smallest absolute Gasteiger partial charge is 0.254 e. The van der Waals surface area contributed by atoms with Gasteiger partial charge in [-0.1, -0.05) is 13.3 Å². The number of hydrogen-bond acceptors (Lipinski definition) is 3. The van der Waals surface area contributed by atoms with Crippen molar-refractivity contribution in [1.29, 1.82) is 0 Å². The molecule has 0 bridgehead atoms. The van der Waals surface area contributed by atoms with E-state index in [4.69, 9.17) is 0 Å². The number of carbonyl (C=O) groups excluding carboxylic acids is 1. The van der Waals surface area contributed by atoms with Gasteiger partial charge in [0, 0.05) is 12.7 Å². The third kappa shape index (κ3) is 2.80. The summed E-state index contributed by atoms with van der Waals surface area (Å²) in [6.45, 7) is 4.60. The van der Waals surface area contributed by atoms with Crippen LogP contribution in [0.15, 0.2) is 12.5 Å². The zero-order chi connectivity index (χ0) is 10.4. The fraction of sp³-hybridized carbons (Fsp3) is 0.500. The maximum absolute atomic E-state index is 11.5. The average molecular weight is 193 g/mol. The van der Waals surface area contributed by atoms with Crippen LogP contribution >= 0.6 is 0 Å². The summed E-state index contributed by atoms with van der Waals surface area (Å²) < 4.78 is 0. The second kappa shape index (κ2) is 5.32. The third-order valence-electron chi connectivity index (χ3n) is 1.97. The van der Waals surface area contributed by atoms with E-state index in [0.29, 0.717) is 17.8 Å². The molecule has 0 aliphatic rings. The first-order valence-electron chi connectivity index (χ1n) is 4.80. The van der Waals surface area contributed by atoms with Crippen LogP contribution in [-0.4, -0.2) is 22.4 Å². The highest BCUT2D eigenvalue weighted by Crippen LogP contribution is 2.00. The number of carbonyl (C=O) groups is 1. The number of aryl methyl sites for hydroxylation is 1. The van der Waals surface area contributed by atoms with Crippen molar-refractivity contribution < 1.29 is 4.79 Å². The van der Waals surface area contributed by atoms with Gasteiger partial charge in [-0.15, -0.1) is 0 Å². The van der Waals surface area contributed by atoms with Crippen LogP contribution in [-0.2, 0) is 0 Å². The van der Waals surface area contributed by atoms with E-state index in [1.165, 1.54) is 6.33 Å². The molecule has 1 rings (SSSR count). The normalized spacial score (nSPS) is 9.86. The fourth-order valence-corrected chi connectivity index (χ4v) is 1.09. The molecule has 0 radical (unpaired) electrons. The first-order chi connectivity index (χ1) is 6.75. The molecule has 4 heteroatoms. The van der Waals surface area contributed by atoms with Gasteiger partial charge in [-0.25, -0.2) is 9.97 Å². The lowest BCUT2D eigenvalue weighted by Crippen LogP contribution is -2.25. The number of nitrogens with one attached hydrogen (secondary N) is 1. The lowest BCUT2D eigenvalue weighted by Gasteiger charge is -2.04. The SMILES string of the molecule is CCCCNC(=O)c1cncnc1C. The highest BCUT2D eigenvalue weighted by atomic mass is 16.1. The molecule has 0 unspecified atom stereocenters. The summed E-state index contributed by atoms with van der Waals surface area (Å²) in [5.74, 6) is -0.0865. The molecular weight excluding hydrogens is 178 g/mol. The Morgan fingerprint density at radius 2 is 2.36 bits per heavy atom. The maximum Gasteiger partial charge on any atom is 0.254 e. The molecular formula is C10H15N3O. The van der Waals surface area contributed by atoms with Crippen molar-refractivity contribution in [3.8, 4) is 0 Å². The molecule has 4 nitrogen and oxygen atoms in total. The minimum atomic E-state index is -0.0865. The molecule has 0 spiro atoms. The second-order valence-electron chi connectivity index (χ2n) is 3.13. The van der Waals surface area contributed by atoms with E-state index in [2.05, 4.69) is 22.2 Å². The second-order valence-corrected chi connectivity index (χ2v) is 3.13. The van der Waals surface area contributed by atoms with E-state index in [0.717, 1.165) is 12.8 Å². The van der Waals surface area contributed by atoms with Crippen molar-refractivity contribution in [2.45, 2.75) is 26.7 Å². The summed E-state index contributed by atoms with van der Waals surface area (Å²) in [6, 6.07) is 0. The Morgan fingerprint density at radius 1 is 1.57 bits per heavy atom. The van der Waals surface area contributed by atoms with Crippen molar-refractivity contribution >= 4 is 5.91 Å². The minimum absolute atomic E-state index is 0.0865. The van der Waals surface area contributed by atoms with Crippen LogP contribution in [0.25, 0.3) is 0 Å². The first-order valence-corrected chi connectivity index (χ1v) is 4.80. The standard InChI is InChI=1S/C10H15N3O/c1-3-4-5-12-10(14)9-6-11-7-13-8(9)2/h6-7H,3-5H2,1-2H3,(H,12,14). The van der Waals surface area contributed by atoms with Gasteiger partial charge in [-0.2, -0.15) is 0 Å². The minimum Gasteiger partial charge on any atom is -0.352 e. The number of hydrogen-bond donors (Lipinski definition) is 1. The number of nitrogens with zero attached hydrogens (tertiary/aromatic N) is 2. The van der Waals surface area contributed by atoms with Crippen LogP contribution < -0.4 is 5.32 Å². The first kappa shape index (κ1) is 10.6. The van der Waals surface area contributed by atoms with E-state index in [-0.39, 0.29) is 5.91 Å². The molecule has 0 aliphatic carbocycles. The van der Waals surface area contributed by atoms with Gasteiger partial charge in [0.25, 0.3) is 5.91 Å². The predicted octanol–water partition coefficient (Wildman–Crippen LogP) is 1.31. The topological polar surface area (TPSA) is 54.9 Å². The van der Waals surface area contributed by atoms with E-state index in [1.807, 2.05) is 0 Å². The predicted molar refractivity (Wildman–Crippen MR) is 54.0 cm³/mol. The number of amides is 1. The Kier molecular flexibility index (Phi) is 4.04. The Labute approximate surface area is 83.8 Å². The molecule has 0 aliphatic heterocycles. The van der Waals surface area contributed by atoms with Gasteiger partial charge in [0.15, 0.2) is 0 Å². The van der Waals surface area contributed by atoms with Crippen LogP contribution in [0, 0.1) is 6.92 Å². The summed E-state index contributed by atoms with van der Waals surface area (Å²) in [5.41, 5.74) is 1.28. The van der Waals surface area contributed by atoms with Gasteiger partial charge >= 0.3 is 0 Å². The van der Waals surface area contributed by atoms with Gasteiger partial charge in [0.05, 0.1) is 11.3 Å². The van der Waals surface area contributed by atoms with Gasteiger partial charge < -0.3 is 5.32 Å². The molecule has 1 amide bonds. The number of aromatic nitrogens is 2. The van der Waals surface area contributed by atoms with Crippen LogP contribution in [0.4, 0.5) is 0 Å². The van der Waals surface area contributed by atoms with E-state index in [1.54, 1.807) is 13.1 Å². The third-order valence-corrected chi connectivity index (χ3v) is 1.97. The largest absolute Gasteiger partial charge is 0.352 e. The molecule has 1 aromatic heterocycles. The van der Waals surface area contributed by atoms with Crippen molar-refractivity contribution in [2.24, 2.45) is 0 Å². The van der Waals surface area contributed by atoms with Crippen LogP contribution in [0.1, 0.15) is 35.8 Å². The highest BCUT2D eigenvalue weighted by Gasteiger charge is 2.08. The average Bonchev–Trinajstić information content (AvgIpc) is 2.18. The molecule has 0 saturated heterocycles. The zero-order valence-corrected chi connectivity index (χ0v) is 8.58. The Bertz CT molecular complexity index is 312. The lowest BCUT2D eigenvalue weighted by molar-refractivity contribution is 0.0951. The quantitative estimate of drug-likeness (QED) is 0.733. The lowest BCUT2D eigenvalue weighted by atomic mass is 10.2. The van der Waals surface area contributed by atoms with Crippen LogP contribution in [0.2, 0.25) is 0 Å². The number of rotatable bonds is 4. The molecule has 0 saturated carbocycles. The Morgan fingerprint density at radius 3 is 3.00 bits per heavy atom. The summed E-state index contributed by atoms with van der Waals surface area (Å²) in [4.78, 5) is 19.3. The van der Waals surface area contributed by atoms with Gasteiger partial charge in [-0.05, 0) is 13.3 Å². The maximum atomic E-state index is 11.5. The molecule has 0 atom stereocenters. The van der Waals surface area contributed by atoms with Crippen molar-refractivity contribution in [1.82, 2.24) is 15.3 Å². The zero-order valence-electron chi connectivity index (χ0n) is 8.58. The van der Waals surface area contributed by atoms with Crippen LogP contribution in [0.3, 0.4) is 0 Å². The molecule has 1 N–H and O–H groups in total. The van der Waals surface area contributed by atoms with Gasteiger partial charge in [-0.3, -0.25) is 4.79 Å². The van der Waals surface area contributed by atoms with Crippen LogP contribution in [0.5, 0.6) is 0 Å². The Balaban J connectivity index is 2.56. The van der Waals surface area contributed by atoms with E-state index < -0.39 is 0 Å². The molecule has 1 aromatic rings. The molecule has 0 aromatic carbocycles. The highest BCUT2D eigenvalue weighted by molar-refractivity contribution is 5.94. The summed E-state index contributed by atoms with van der Waals surface area (Å²) in [6.07, 6.45) is 5.06. The molecule has 1 heterocycles. The van der Waals surface area contributed by atoms with Crippen molar-refractivity contribution in [3.63, 3.8) is 0 Å². The van der Waals surface area contributed by atoms with Crippen molar-refractivity contribution in [2.75, 3.05) is 6.54 Å². The van der Waals surface area contributed by atoms with Gasteiger partial charge in [0.1, 0.15) is 6.33 Å². The van der Waals surface area contributed by atoms with E-state index >= 15 is 0 Å². The monoisotopic (exact) mass is 193 g/mol. The fourth-order valence-electron chi connectivity index (χ4n) is 1.09. The molecule has 0 fully saturated rings. The number of unbranched alkanes of at least 4 members (excludes halogenated alkanes) is 1. The van der Waals surface area contributed by atoms with Crippen molar-refractivity contribution in [3.05, 3.63) is 23.8 Å². The molecule has 76 valence electrons. The summed E-state index contributed by atoms with van der Waals surface area (Å²) >= 11 is 0. The summed E-state index contributed by atoms with van der Waals surface area (Å²) in [5, 5.41) is 2.82. The molecule has 14 heavy (non-hydrogen) atoms. The summed E-state index contributed by atoms with van der Waals surface area (Å²) in [7, 11) is 0. The Hall–Kier alpha value is -1.45.